The molecule has 0 bridgehead atoms. The SMILES string of the molecule is Cc1cc(CNC(=O)[C@H](C)Cn2nc(C)nc2C)c2[nH]c(-c3ccccc3)c(C)c2c1. The molecule has 0 saturated heterocycles. The van der Waals surface area contributed by atoms with E-state index < -0.39 is 0 Å². The van der Waals surface area contributed by atoms with Gasteiger partial charge in [-0.05, 0) is 50.5 Å². The van der Waals surface area contributed by atoms with Gasteiger partial charge in [0.25, 0.3) is 0 Å². The molecular formula is C25H29N5O. The molecule has 31 heavy (non-hydrogen) atoms. The molecule has 0 unspecified atom stereocenters. The Balaban J connectivity index is 1.55. The quantitative estimate of drug-likeness (QED) is 0.483. The van der Waals surface area contributed by atoms with Crippen molar-refractivity contribution in [3.63, 3.8) is 0 Å². The summed E-state index contributed by atoms with van der Waals surface area (Å²) in [4.78, 5) is 20.7. The number of hydrogen-bond donors (Lipinski definition) is 2. The lowest BCUT2D eigenvalue weighted by Gasteiger charge is -2.14. The Bertz CT molecular complexity index is 1240. The van der Waals surface area contributed by atoms with E-state index in [1.807, 2.05) is 39.0 Å². The summed E-state index contributed by atoms with van der Waals surface area (Å²) < 4.78 is 1.80. The van der Waals surface area contributed by atoms with E-state index in [1.54, 1.807) is 4.68 Å². The number of H-pyrrole nitrogens is 1. The molecule has 6 nitrogen and oxygen atoms in total. The molecule has 2 heterocycles. The average molecular weight is 416 g/mol. The fourth-order valence-corrected chi connectivity index (χ4v) is 4.12. The molecule has 4 rings (SSSR count). The number of benzene rings is 2. The Morgan fingerprint density at radius 3 is 2.55 bits per heavy atom. The number of hydrogen-bond acceptors (Lipinski definition) is 3. The second kappa shape index (κ2) is 8.38. The van der Waals surface area contributed by atoms with Gasteiger partial charge >= 0.3 is 0 Å². The highest BCUT2D eigenvalue weighted by atomic mass is 16.1. The number of carbonyl (C=O) groups excluding carboxylic acids is 1. The summed E-state index contributed by atoms with van der Waals surface area (Å²) in [5.74, 6) is 1.36. The Labute approximate surface area is 182 Å². The molecule has 1 atom stereocenters. The minimum absolute atomic E-state index is 0.00812. The molecule has 0 spiro atoms. The predicted octanol–water partition coefficient (Wildman–Crippen LogP) is 4.61. The zero-order chi connectivity index (χ0) is 22.1. The Hall–Kier alpha value is -3.41. The number of carbonyl (C=O) groups is 1. The van der Waals surface area contributed by atoms with Crippen LogP contribution in [0.4, 0.5) is 0 Å². The Morgan fingerprint density at radius 2 is 1.87 bits per heavy atom. The smallest absolute Gasteiger partial charge is 0.224 e. The number of aryl methyl sites for hydroxylation is 4. The van der Waals surface area contributed by atoms with Crippen LogP contribution in [0.2, 0.25) is 0 Å². The number of aromatic nitrogens is 4. The van der Waals surface area contributed by atoms with Gasteiger partial charge in [-0.25, -0.2) is 9.67 Å². The third-order valence-electron chi connectivity index (χ3n) is 5.77. The third-order valence-corrected chi connectivity index (χ3v) is 5.77. The second-order valence-corrected chi connectivity index (χ2v) is 8.34. The molecule has 6 heteroatoms. The normalized spacial score (nSPS) is 12.3. The Morgan fingerprint density at radius 1 is 1.13 bits per heavy atom. The summed E-state index contributed by atoms with van der Waals surface area (Å²) in [5, 5.41) is 8.68. The monoisotopic (exact) mass is 415 g/mol. The zero-order valence-corrected chi connectivity index (χ0v) is 18.8. The first kappa shape index (κ1) is 20.8. The zero-order valence-electron chi connectivity index (χ0n) is 18.8. The summed E-state index contributed by atoms with van der Waals surface area (Å²) in [6.07, 6.45) is 0. The maximum atomic E-state index is 12.8. The minimum Gasteiger partial charge on any atom is -0.354 e. The van der Waals surface area contributed by atoms with Gasteiger partial charge < -0.3 is 10.3 Å². The van der Waals surface area contributed by atoms with Gasteiger partial charge in [0.2, 0.25) is 5.91 Å². The molecule has 1 amide bonds. The molecule has 160 valence electrons. The summed E-state index contributed by atoms with van der Waals surface area (Å²) in [6.45, 7) is 10.9. The third kappa shape index (κ3) is 4.24. The van der Waals surface area contributed by atoms with Gasteiger partial charge in [-0.15, -0.1) is 0 Å². The maximum Gasteiger partial charge on any atom is 0.224 e. The van der Waals surface area contributed by atoms with Crippen LogP contribution in [-0.2, 0) is 17.9 Å². The van der Waals surface area contributed by atoms with E-state index in [4.69, 9.17) is 0 Å². The lowest BCUT2D eigenvalue weighted by Crippen LogP contribution is -2.31. The van der Waals surface area contributed by atoms with Crippen molar-refractivity contribution >= 4 is 16.8 Å². The minimum atomic E-state index is -0.203. The van der Waals surface area contributed by atoms with E-state index in [-0.39, 0.29) is 11.8 Å². The van der Waals surface area contributed by atoms with Gasteiger partial charge in [-0.2, -0.15) is 5.10 Å². The van der Waals surface area contributed by atoms with Crippen LogP contribution >= 0.6 is 0 Å². The van der Waals surface area contributed by atoms with E-state index in [2.05, 4.69) is 58.5 Å². The van der Waals surface area contributed by atoms with Crippen LogP contribution in [0.15, 0.2) is 42.5 Å². The van der Waals surface area contributed by atoms with E-state index >= 15 is 0 Å². The first-order valence-electron chi connectivity index (χ1n) is 10.7. The van der Waals surface area contributed by atoms with E-state index in [0.29, 0.717) is 13.1 Å². The molecule has 0 aliphatic heterocycles. The number of amides is 1. The van der Waals surface area contributed by atoms with Gasteiger partial charge in [-0.1, -0.05) is 48.9 Å². The highest BCUT2D eigenvalue weighted by Crippen LogP contribution is 2.32. The molecule has 0 radical (unpaired) electrons. The van der Waals surface area contributed by atoms with Crippen LogP contribution in [0.3, 0.4) is 0 Å². The molecule has 2 aromatic carbocycles. The highest BCUT2D eigenvalue weighted by Gasteiger charge is 2.17. The standard InChI is InChI=1S/C25H29N5O/c1-15-11-21(13-26-25(31)16(2)14-30-19(5)27-18(4)29-30)24-22(12-15)17(3)23(28-24)20-9-7-6-8-10-20/h6-12,16,28H,13-14H2,1-5H3,(H,26,31)/t16-/m1/s1. The maximum absolute atomic E-state index is 12.8. The van der Waals surface area contributed by atoms with Crippen molar-refractivity contribution in [1.29, 1.82) is 0 Å². The lowest BCUT2D eigenvalue weighted by molar-refractivity contribution is -0.125. The second-order valence-electron chi connectivity index (χ2n) is 8.34. The van der Waals surface area contributed by atoms with Crippen molar-refractivity contribution in [2.45, 2.75) is 47.7 Å². The largest absolute Gasteiger partial charge is 0.354 e. The van der Waals surface area contributed by atoms with Crippen LogP contribution in [0.1, 0.15) is 35.3 Å². The topological polar surface area (TPSA) is 75.6 Å². The molecular weight excluding hydrogens is 386 g/mol. The van der Waals surface area contributed by atoms with Crippen molar-refractivity contribution in [2.75, 3.05) is 0 Å². The fourth-order valence-electron chi connectivity index (χ4n) is 4.12. The average Bonchev–Trinajstić information content (AvgIpc) is 3.24. The summed E-state index contributed by atoms with van der Waals surface area (Å²) in [6, 6.07) is 14.7. The van der Waals surface area contributed by atoms with Crippen LogP contribution < -0.4 is 5.32 Å². The number of fused-ring (bicyclic) bond motifs is 1. The van der Waals surface area contributed by atoms with E-state index in [9.17, 15) is 4.79 Å². The Kier molecular flexibility index (Phi) is 5.63. The number of nitrogens with zero attached hydrogens (tertiary/aromatic N) is 3. The predicted molar refractivity (Wildman–Crippen MR) is 124 cm³/mol. The summed E-state index contributed by atoms with van der Waals surface area (Å²) in [7, 11) is 0. The van der Waals surface area contributed by atoms with Gasteiger partial charge in [0.15, 0.2) is 0 Å². The van der Waals surface area contributed by atoms with Crippen LogP contribution in [0, 0.1) is 33.6 Å². The molecule has 2 aromatic heterocycles. The molecule has 0 aliphatic carbocycles. The highest BCUT2D eigenvalue weighted by molar-refractivity contribution is 5.93. The molecule has 0 aliphatic rings. The van der Waals surface area contributed by atoms with Gasteiger partial charge in [-0.3, -0.25) is 4.79 Å². The van der Waals surface area contributed by atoms with E-state index in [0.717, 1.165) is 34.0 Å². The van der Waals surface area contributed by atoms with Crippen molar-refractivity contribution in [2.24, 2.45) is 5.92 Å². The summed E-state index contributed by atoms with van der Waals surface area (Å²) in [5.41, 5.74) is 6.87. The van der Waals surface area contributed by atoms with Crippen LogP contribution in [-0.4, -0.2) is 25.7 Å². The van der Waals surface area contributed by atoms with Crippen LogP contribution in [0.25, 0.3) is 22.2 Å². The van der Waals surface area contributed by atoms with Gasteiger partial charge in [0, 0.05) is 17.6 Å². The molecule has 0 fully saturated rings. The van der Waals surface area contributed by atoms with Crippen molar-refractivity contribution in [1.82, 2.24) is 25.1 Å². The van der Waals surface area contributed by atoms with Crippen molar-refractivity contribution in [3.8, 4) is 11.3 Å². The van der Waals surface area contributed by atoms with Crippen molar-refractivity contribution < 1.29 is 4.79 Å². The fraction of sp³-hybridized carbons (Fsp3) is 0.320. The number of rotatable bonds is 6. The first-order chi connectivity index (χ1) is 14.8. The van der Waals surface area contributed by atoms with Crippen LogP contribution in [0.5, 0.6) is 0 Å². The molecule has 0 saturated carbocycles. The molecule has 2 N–H and O–H groups in total. The summed E-state index contributed by atoms with van der Waals surface area (Å²) >= 11 is 0. The van der Waals surface area contributed by atoms with E-state index in [1.165, 1.54) is 16.5 Å². The first-order valence-corrected chi connectivity index (χ1v) is 10.7. The number of nitrogens with one attached hydrogen (secondary N) is 2. The van der Waals surface area contributed by atoms with Gasteiger partial charge in [0.05, 0.1) is 18.0 Å². The molecule has 4 aromatic rings. The van der Waals surface area contributed by atoms with Crippen molar-refractivity contribution in [3.05, 3.63) is 70.8 Å². The lowest BCUT2D eigenvalue weighted by atomic mass is 10.0. The van der Waals surface area contributed by atoms with Gasteiger partial charge in [0.1, 0.15) is 11.6 Å². The number of aromatic amines is 1.